The van der Waals surface area contributed by atoms with Gasteiger partial charge in [0.2, 0.25) is 23.6 Å². The number of amides is 6. The van der Waals surface area contributed by atoms with E-state index in [0.717, 1.165) is 186 Å². The monoisotopic (exact) mass is 1430 g/mol. The molecule has 2 unspecified atom stereocenters. The molecule has 28 heteroatoms. The molecule has 6 saturated heterocycles. The number of carbonyl (C=O) groups excluding carboxylic acids is 6. The summed E-state index contributed by atoms with van der Waals surface area (Å²) in [5.74, 6) is -0.0256. The third-order valence-electron chi connectivity index (χ3n) is 23.2. The number of piperidine rings is 4. The molecule has 10 aromatic rings. The molecule has 0 aliphatic carbocycles. The van der Waals surface area contributed by atoms with Crippen LogP contribution in [0.25, 0.3) is 64.0 Å². The van der Waals surface area contributed by atoms with Crippen molar-refractivity contribution in [2.24, 2.45) is 7.05 Å². The smallest absolute Gasteiger partial charge is 0.330 e. The highest BCUT2D eigenvalue weighted by Gasteiger charge is 2.38. The highest BCUT2D eigenvalue weighted by molar-refractivity contribution is 7.22. The summed E-state index contributed by atoms with van der Waals surface area (Å²) in [4.78, 5) is 136. The lowest BCUT2D eigenvalue weighted by molar-refractivity contribution is -0.137. The average Bonchev–Trinajstić information content (AvgIpc) is 1.60. The first-order chi connectivity index (χ1) is 50.0. The summed E-state index contributed by atoms with van der Waals surface area (Å²) >= 11 is 3.03. The van der Waals surface area contributed by atoms with Crippen molar-refractivity contribution in [2.45, 2.75) is 115 Å². The van der Waals surface area contributed by atoms with Crippen LogP contribution in [0.3, 0.4) is 0 Å². The number of fused-ring (bicyclic) bond motifs is 12. The summed E-state index contributed by atoms with van der Waals surface area (Å²) in [5.41, 5.74) is 7.63. The maximum Gasteiger partial charge on any atom is 0.330 e. The zero-order valence-electron chi connectivity index (χ0n) is 57.9. The Hall–Kier alpha value is -9.74. The number of imidazole rings is 2. The Labute approximate surface area is 599 Å². The summed E-state index contributed by atoms with van der Waals surface area (Å²) in [6.45, 7) is 15.9. The minimum absolute atomic E-state index is 0.0227. The number of anilines is 5. The Morgan fingerprint density at radius 3 is 1.54 bits per heavy atom. The van der Waals surface area contributed by atoms with E-state index in [0.29, 0.717) is 63.5 Å². The fourth-order valence-corrected chi connectivity index (χ4v) is 19.9. The van der Waals surface area contributed by atoms with Gasteiger partial charge in [0.15, 0.2) is 0 Å². The van der Waals surface area contributed by atoms with Crippen LogP contribution < -0.4 is 58.0 Å². The second kappa shape index (κ2) is 25.9. The Balaban J connectivity index is 0.589. The molecule has 8 aliphatic rings. The van der Waals surface area contributed by atoms with Gasteiger partial charge in [-0.1, -0.05) is 6.07 Å². The van der Waals surface area contributed by atoms with Gasteiger partial charge in [0.1, 0.15) is 33.5 Å². The standard InChI is InChI=1S/C75H82N18O8S2/c1-41-37-76-65-63-47-6-16-59(80-50(47)8-14-57(63)102-68(65)72(98)78-41)89-26-22-45(23-27-89)86-28-30-88(31-29-86)46-5-11-52-56(36-46)91(75(101)92(52)54-12-18-61(94)82-70(54)96)40-49-43(4-10-53-67(49)84(3)74(100)93(53)55-13-19-62(95)83-71(55)97)39-85-24-20-44(21-25-85)87-32-34-90(35-33-87)60-17-7-48-51(81-60)9-15-58-64(48)66-69(103-58)73(99)79-42(2)38-77-66/h4-11,14-17,36,41-42,44-45,54-55,76-77H,12-13,18-35,37-40H2,1-3H3,(H,78,98)(H,79,99)(H,82,94,96)(H,83,95,97)/t41-,42-,54?,55?/m1/s1. The third-order valence-corrected chi connectivity index (χ3v) is 25.5. The van der Waals surface area contributed by atoms with Gasteiger partial charge >= 0.3 is 11.4 Å². The third kappa shape index (κ3) is 11.4. The van der Waals surface area contributed by atoms with Crippen molar-refractivity contribution in [1.29, 1.82) is 0 Å². The van der Waals surface area contributed by atoms with Crippen molar-refractivity contribution in [3.63, 3.8) is 0 Å². The molecule has 0 bridgehead atoms. The fourth-order valence-electron chi connectivity index (χ4n) is 17.7. The van der Waals surface area contributed by atoms with Crippen molar-refractivity contribution >= 4 is 151 Å². The molecule has 103 heavy (non-hydrogen) atoms. The van der Waals surface area contributed by atoms with Crippen LogP contribution in [0.1, 0.15) is 108 Å². The lowest BCUT2D eigenvalue weighted by atomic mass is 9.99. The summed E-state index contributed by atoms with van der Waals surface area (Å²) in [7, 11) is 1.70. The first-order valence-electron chi connectivity index (χ1n) is 36.4. The Morgan fingerprint density at radius 1 is 0.495 bits per heavy atom. The van der Waals surface area contributed by atoms with Gasteiger partial charge in [0, 0.05) is 171 Å². The number of imide groups is 2. The van der Waals surface area contributed by atoms with Gasteiger partial charge in [-0.3, -0.25) is 72.4 Å². The van der Waals surface area contributed by atoms with Crippen molar-refractivity contribution in [3.05, 3.63) is 121 Å². The first-order valence-corrected chi connectivity index (χ1v) is 38.1. The molecule has 0 radical (unpaired) electrons. The van der Waals surface area contributed by atoms with Crippen molar-refractivity contribution in [1.82, 2.24) is 64.2 Å². The van der Waals surface area contributed by atoms with E-state index in [9.17, 15) is 33.6 Å². The van der Waals surface area contributed by atoms with E-state index in [4.69, 9.17) is 9.97 Å². The van der Waals surface area contributed by atoms with Gasteiger partial charge in [-0.2, -0.15) is 0 Å². The predicted molar refractivity (Wildman–Crippen MR) is 402 cm³/mol. The maximum absolute atomic E-state index is 15.6. The van der Waals surface area contributed by atoms with Crippen LogP contribution in [-0.4, -0.2) is 194 Å². The number of aromatic nitrogens is 6. The zero-order chi connectivity index (χ0) is 70.2. The molecule has 18 rings (SSSR count). The number of likely N-dealkylation sites (tertiary alicyclic amines) is 1. The van der Waals surface area contributed by atoms with Crippen LogP contribution in [0.5, 0.6) is 0 Å². The number of nitrogens with zero attached hydrogens (tertiary/aromatic N) is 12. The van der Waals surface area contributed by atoms with E-state index >= 15 is 4.79 Å². The van der Waals surface area contributed by atoms with Gasteiger partial charge in [-0.05, 0) is 144 Å². The Morgan fingerprint density at radius 2 is 1.00 bits per heavy atom. The number of benzene rings is 4. The molecule has 0 spiro atoms. The van der Waals surface area contributed by atoms with E-state index in [-0.39, 0.29) is 67.9 Å². The fraction of sp³-hybridized carbons (Fsp3) is 0.440. The predicted octanol–water partition coefficient (Wildman–Crippen LogP) is 6.65. The molecule has 14 heterocycles. The summed E-state index contributed by atoms with van der Waals surface area (Å²) in [6.07, 6.45) is 4.36. The maximum atomic E-state index is 15.6. The molecule has 6 N–H and O–H groups in total. The van der Waals surface area contributed by atoms with Crippen LogP contribution in [-0.2, 0) is 39.3 Å². The number of carbonyl (C=O) groups is 6. The highest BCUT2D eigenvalue weighted by Crippen LogP contribution is 2.44. The van der Waals surface area contributed by atoms with E-state index in [1.807, 2.05) is 38.1 Å². The number of hydrogen-bond acceptors (Lipinski definition) is 20. The number of pyridine rings is 2. The second-order valence-electron chi connectivity index (χ2n) is 29.4. The topological polar surface area (TPSA) is 274 Å². The first kappa shape index (κ1) is 65.3. The van der Waals surface area contributed by atoms with Crippen molar-refractivity contribution < 1.29 is 28.8 Å². The molecular weight excluding hydrogens is 1350 g/mol. The number of hydrogen-bond donors (Lipinski definition) is 6. The SMILES string of the molecule is C[C@@H]1CNc2c(sc3ccc4nc(N5CCC(N6CCN(c7ccc8c(c7)n(Cc7c(CN9CCC(N%10CCN(c%11ccc%12c(ccc%13sc%14c(c%13%12)NC[C@@H](C)NC%14=O)n%11)CC%10)CC9)ccc9c7n(C)c(=O)n9C7CCC(=O)NC7=O)c(=O)n8C7CCC(=O)NC7=O)CC6)CC5)ccc4c23)C(=O)N1. The van der Waals surface area contributed by atoms with Gasteiger partial charge in [-0.25, -0.2) is 19.6 Å². The van der Waals surface area contributed by atoms with E-state index in [1.165, 1.54) is 27.2 Å². The van der Waals surface area contributed by atoms with Gasteiger partial charge < -0.3 is 36.0 Å². The minimum atomic E-state index is -0.942. The van der Waals surface area contributed by atoms with Crippen LogP contribution in [0.15, 0.2) is 88.5 Å². The lowest BCUT2D eigenvalue weighted by Crippen LogP contribution is -2.53. The molecule has 6 aromatic heterocycles. The highest BCUT2D eigenvalue weighted by atomic mass is 32.1. The van der Waals surface area contributed by atoms with E-state index < -0.39 is 35.3 Å². The van der Waals surface area contributed by atoms with Crippen LogP contribution in [0.4, 0.5) is 28.7 Å². The molecule has 4 atom stereocenters. The normalized spacial score (nSPS) is 22.5. The molecule has 8 aliphatic heterocycles. The molecule has 26 nitrogen and oxygen atoms in total. The summed E-state index contributed by atoms with van der Waals surface area (Å²) in [5, 5.41) is 22.4. The quantitative estimate of drug-likeness (QED) is 0.0740. The second-order valence-corrected chi connectivity index (χ2v) is 31.5. The molecule has 6 amide bonds. The van der Waals surface area contributed by atoms with Crippen LogP contribution in [0, 0.1) is 0 Å². The summed E-state index contributed by atoms with van der Waals surface area (Å²) < 4.78 is 8.45. The molecule has 532 valence electrons. The number of aryl methyl sites for hydroxylation is 1. The number of rotatable bonds is 11. The minimum Gasteiger partial charge on any atom is -0.381 e. The van der Waals surface area contributed by atoms with Gasteiger partial charge in [0.25, 0.3) is 11.8 Å². The molecule has 6 fully saturated rings. The number of nitrogens with one attached hydrogen (secondary N) is 6. The lowest BCUT2D eigenvalue weighted by Gasteiger charge is -2.43. The van der Waals surface area contributed by atoms with Crippen LogP contribution >= 0.6 is 22.7 Å². The summed E-state index contributed by atoms with van der Waals surface area (Å²) in [6, 6.07) is 25.8. The Kier molecular flexibility index (Phi) is 16.4. The Bertz CT molecular complexity index is 5330. The molecule has 4 aromatic carbocycles. The molecular formula is C75H82N18O8S2. The molecule has 0 saturated carbocycles. The van der Waals surface area contributed by atoms with Gasteiger partial charge in [-0.15, -0.1) is 22.7 Å². The number of piperazine rings is 2. The largest absolute Gasteiger partial charge is 0.381 e. The average molecular weight is 1430 g/mol. The van der Waals surface area contributed by atoms with Crippen LogP contribution in [0.2, 0.25) is 0 Å². The van der Waals surface area contributed by atoms with E-state index in [1.54, 1.807) is 20.7 Å². The number of thiophene rings is 2. The zero-order valence-corrected chi connectivity index (χ0v) is 59.5. The van der Waals surface area contributed by atoms with Crippen molar-refractivity contribution in [2.75, 3.05) is 117 Å². The van der Waals surface area contributed by atoms with Crippen molar-refractivity contribution in [3.8, 4) is 0 Å². The van der Waals surface area contributed by atoms with E-state index in [2.05, 4.69) is 116 Å². The van der Waals surface area contributed by atoms with Gasteiger partial charge in [0.05, 0.1) is 51.0 Å².